The van der Waals surface area contributed by atoms with Crippen LogP contribution in [-0.2, 0) is 6.42 Å². The lowest BCUT2D eigenvalue weighted by atomic mass is 9.87. The Bertz CT molecular complexity index is 715. The predicted octanol–water partition coefficient (Wildman–Crippen LogP) is 3.33. The predicted molar refractivity (Wildman–Crippen MR) is 83.8 cm³/mol. The van der Waals surface area contributed by atoms with E-state index < -0.39 is 0 Å². The van der Waals surface area contributed by atoms with Crippen LogP contribution in [0, 0.1) is 18.3 Å². The van der Waals surface area contributed by atoms with Crippen molar-refractivity contribution in [3.8, 4) is 6.07 Å². The second kappa shape index (κ2) is 5.45. The van der Waals surface area contributed by atoms with Gasteiger partial charge < -0.3 is 11.1 Å². The van der Waals surface area contributed by atoms with Gasteiger partial charge >= 0.3 is 0 Å². The molecule has 3 rings (SSSR count). The van der Waals surface area contributed by atoms with Gasteiger partial charge in [-0.2, -0.15) is 5.26 Å². The Balaban J connectivity index is 1.87. The van der Waals surface area contributed by atoms with E-state index in [0.717, 1.165) is 36.5 Å². The Kier molecular flexibility index (Phi) is 3.49. The summed E-state index contributed by atoms with van der Waals surface area (Å²) in [4.78, 5) is 4.47. The molecule has 0 saturated carbocycles. The van der Waals surface area contributed by atoms with E-state index in [1.54, 1.807) is 0 Å². The van der Waals surface area contributed by atoms with Gasteiger partial charge in [-0.3, -0.25) is 0 Å². The molecule has 0 bridgehead atoms. The van der Waals surface area contributed by atoms with Gasteiger partial charge in [0.15, 0.2) is 0 Å². The van der Waals surface area contributed by atoms with Crippen molar-refractivity contribution in [1.82, 2.24) is 4.98 Å². The van der Waals surface area contributed by atoms with Crippen LogP contribution in [0.15, 0.2) is 30.3 Å². The highest BCUT2D eigenvalue weighted by Gasteiger charge is 2.20. The Morgan fingerprint density at radius 3 is 2.95 bits per heavy atom. The van der Waals surface area contributed by atoms with Crippen LogP contribution in [0.4, 0.5) is 11.5 Å². The number of anilines is 2. The lowest BCUT2D eigenvalue weighted by Crippen LogP contribution is -2.18. The summed E-state index contributed by atoms with van der Waals surface area (Å²) in [5.74, 6) is 0.821. The number of aromatic nitrogens is 1. The first-order valence-electron chi connectivity index (χ1n) is 7.20. The molecule has 4 nitrogen and oxygen atoms in total. The number of benzene rings is 1. The van der Waals surface area contributed by atoms with Crippen LogP contribution in [0.5, 0.6) is 0 Å². The standard InChI is InChI=1S/C17H18N4/c1-11-13(10-18)5-8-17(20-11)21-16-4-2-3-12-9-14(19)6-7-15(12)16/h5-9,16H,2-4,19H2,1H3,(H,20,21). The van der Waals surface area contributed by atoms with Gasteiger partial charge in [-0.1, -0.05) is 6.07 Å². The molecule has 1 heterocycles. The highest BCUT2D eigenvalue weighted by Crippen LogP contribution is 2.33. The number of nitrogens with two attached hydrogens (primary N) is 1. The summed E-state index contributed by atoms with van der Waals surface area (Å²) in [5.41, 5.74) is 10.7. The average Bonchev–Trinajstić information content (AvgIpc) is 2.47. The molecule has 0 radical (unpaired) electrons. The Labute approximate surface area is 124 Å². The number of aryl methyl sites for hydroxylation is 2. The summed E-state index contributed by atoms with van der Waals surface area (Å²) < 4.78 is 0. The quantitative estimate of drug-likeness (QED) is 0.826. The van der Waals surface area contributed by atoms with Gasteiger partial charge in [0.1, 0.15) is 11.9 Å². The van der Waals surface area contributed by atoms with E-state index in [2.05, 4.69) is 28.5 Å². The topological polar surface area (TPSA) is 74.7 Å². The molecule has 0 spiro atoms. The zero-order chi connectivity index (χ0) is 14.8. The number of nitriles is 1. The molecule has 0 amide bonds. The van der Waals surface area contributed by atoms with Crippen molar-refractivity contribution in [2.24, 2.45) is 0 Å². The Morgan fingerprint density at radius 1 is 1.33 bits per heavy atom. The molecule has 0 aliphatic heterocycles. The molecule has 3 N–H and O–H groups in total. The number of nitrogens with one attached hydrogen (secondary N) is 1. The van der Waals surface area contributed by atoms with Gasteiger partial charge in [0.25, 0.3) is 0 Å². The maximum Gasteiger partial charge on any atom is 0.126 e. The fourth-order valence-corrected chi connectivity index (χ4v) is 2.92. The Morgan fingerprint density at radius 2 is 2.19 bits per heavy atom. The van der Waals surface area contributed by atoms with Gasteiger partial charge in [0.2, 0.25) is 0 Å². The van der Waals surface area contributed by atoms with Crippen molar-refractivity contribution in [1.29, 1.82) is 5.26 Å². The molecule has 1 aromatic heterocycles. The van der Waals surface area contributed by atoms with Gasteiger partial charge in [-0.25, -0.2) is 4.98 Å². The van der Waals surface area contributed by atoms with Crippen LogP contribution >= 0.6 is 0 Å². The van der Waals surface area contributed by atoms with Crippen LogP contribution in [0.1, 0.15) is 41.3 Å². The van der Waals surface area contributed by atoms with Crippen LogP contribution in [0.3, 0.4) is 0 Å². The van der Waals surface area contributed by atoms with E-state index >= 15 is 0 Å². The zero-order valence-electron chi connectivity index (χ0n) is 12.1. The maximum atomic E-state index is 8.96. The van der Waals surface area contributed by atoms with Gasteiger partial charge in [-0.05, 0) is 61.6 Å². The van der Waals surface area contributed by atoms with E-state index in [1.807, 2.05) is 25.1 Å². The number of hydrogen-bond acceptors (Lipinski definition) is 4. The fraction of sp³-hybridized carbons (Fsp3) is 0.294. The van der Waals surface area contributed by atoms with Gasteiger partial charge in [-0.15, -0.1) is 0 Å². The number of pyridine rings is 1. The lowest BCUT2D eigenvalue weighted by molar-refractivity contribution is 0.599. The van der Waals surface area contributed by atoms with Crippen molar-refractivity contribution in [2.45, 2.75) is 32.2 Å². The largest absolute Gasteiger partial charge is 0.399 e. The highest BCUT2D eigenvalue weighted by atomic mass is 15.0. The first-order valence-corrected chi connectivity index (χ1v) is 7.20. The minimum absolute atomic E-state index is 0.259. The summed E-state index contributed by atoms with van der Waals surface area (Å²) in [7, 11) is 0. The SMILES string of the molecule is Cc1nc(NC2CCCc3cc(N)ccc32)ccc1C#N. The molecule has 1 aromatic carbocycles. The van der Waals surface area contributed by atoms with Crippen molar-refractivity contribution in [3.63, 3.8) is 0 Å². The molecule has 2 aromatic rings. The summed E-state index contributed by atoms with van der Waals surface area (Å²) in [6.45, 7) is 1.86. The highest BCUT2D eigenvalue weighted by molar-refractivity contribution is 5.50. The number of nitrogen functional groups attached to an aromatic ring is 1. The third kappa shape index (κ3) is 2.68. The van der Waals surface area contributed by atoms with E-state index in [1.165, 1.54) is 11.1 Å². The summed E-state index contributed by atoms with van der Waals surface area (Å²) in [5, 5.41) is 12.5. The van der Waals surface area contributed by atoms with Crippen LogP contribution in [0.25, 0.3) is 0 Å². The molecule has 21 heavy (non-hydrogen) atoms. The summed E-state index contributed by atoms with van der Waals surface area (Å²) in [6.07, 6.45) is 3.30. The summed E-state index contributed by atoms with van der Waals surface area (Å²) in [6, 6.07) is 12.2. The Hall–Kier alpha value is -2.54. The fourth-order valence-electron chi connectivity index (χ4n) is 2.92. The zero-order valence-corrected chi connectivity index (χ0v) is 12.1. The van der Waals surface area contributed by atoms with Crippen LogP contribution in [-0.4, -0.2) is 4.98 Å². The van der Waals surface area contributed by atoms with E-state index in [9.17, 15) is 0 Å². The van der Waals surface area contributed by atoms with Gasteiger partial charge in [0.05, 0.1) is 17.3 Å². The third-order valence-electron chi connectivity index (χ3n) is 4.01. The minimum Gasteiger partial charge on any atom is -0.399 e. The summed E-state index contributed by atoms with van der Waals surface area (Å²) >= 11 is 0. The number of rotatable bonds is 2. The second-order valence-corrected chi connectivity index (χ2v) is 5.49. The van der Waals surface area contributed by atoms with E-state index in [4.69, 9.17) is 11.0 Å². The molecular weight excluding hydrogens is 260 g/mol. The van der Waals surface area contributed by atoms with Crippen LogP contribution in [0.2, 0.25) is 0 Å². The molecule has 4 heteroatoms. The first-order chi connectivity index (χ1) is 10.2. The smallest absolute Gasteiger partial charge is 0.126 e. The van der Waals surface area contributed by atoms with Gasteiger partial charge in [0, 0.05) is 5.69 Å². The number of hydrogen-bond donors (Lipinski definition) is 2. The molecule has 0 saturated heterocycles. The average molecular weight is 278 g/mol. The lowest BCUT2D eigenvalue weighted by Gasteiger charge is -2.27. The van der Waals surface area contributed by atoms with Crippen LogP contribution < -0.4 is 11.1 Å². The third-order valence-corrected chi connectivity index (χ3v) is 4.01. The molecular formula is C17H18N4. The molecule has 1 unspecified atom stereocenters. The van der Waals surface area contributed by atoms with Crippen molar-refractivity contribution >= 4 is 11.5 Å². The molecule has 1 atom stereocenters. The monoisotopic (exact) mass is 278 g/mol. The molecule has 1 aliphatic carbocycles. The molecule has 0 fully saturated rings. The van der Waals surface area contributed by atoms with Crippen molar-refractivity contribution < 1.29 is 0 Å². The second-order valence-electron chi connectivity index (χ2n) is 5.49. The normalized spacial score (nSPS) is 16.9. The minimum atomic E-state index is 0.259. The van der Waals surface area contributed by atoms with Crippen molar-refractivity contribution in [3.05, 3.63) is 52.7 Å². The number of nitrogens with zero attached hydrogens (tertiary/aromatic N) is 2. The number of fused-ring (bicyclic) bond motifs is 1. The first kappa shape index (κ1) is 13.4. The maximum absolute atomic E-state index is 8.96. The van der Waals surface area contributed by atoms with E-state index in [0.29, 0.717) is 5.56 Å². The van der Waals surface area contributed by atoms with Crippen molar-refractivity contribution in [2.75, 3.05) is 11.1 Å². The van der Waals surface area contributed by atoms with E-state index in [-0.39, 0.29) is 6.04 Å². The molecule has 1 aliphatic rings. The molecule has 106 valence electrons.